The minimum Gasteiger partial charge on any atom is -0.481 e. The molecule has 1 aliphatic heterocycles. The monoisotopic (exact) mass is 326 g/mol. The van der Waals surface area contributed by atoms with Gasteiger partial charge < -0.3 is 14.8 Å². The number of aliphatic carboxylic acids is 1. The second-order valence-corrected chi connectivity index (χ2v) is 5.16. The van der Waals surface area contributed by atoms with Gasteiger partial charge in [0.1, 0.15) is 17.2 Å². The molecule has 0 spiro atoms. The first-order valence-corrected chi connectivity index (χ1v) is 7.26. The van der Waals surface area contributed by atoms with Crippen LogP contribution in [0.3, 0.4) is 0 Å². The number of carboxylic acid groups (broad SMARTS) is 1. The molecule has 0 aliphatic carbocycles. The first-order valence-electron chi connectivity index (χ1n) is 7.26. The molecule has 2 aromatic rings. The SMILES string of the molecule is O=C(O)CCN1C(=O)NC(=Cc2ccc(-c3ccccc3)o2)C1=O. The van der Waals surface area contributed by atoms with Gasteiger partial charge in [-0.1, -0.05) is 30.3 Å². The van der Waals surface area contributed by atoms with Gasteiger partial charge in [-0.05, 0) is 12.1 Å². The molecule has 7 heteroatoms. The Morgan fingerprint density at radius 3 is 2.62 bits per heavy atom. The predicted molar refractivity (Wildman–Crippen MR) is 84.6 cm³/mol. The van der Waals surface area contributed by atoms with E-state index in [1.807, 2.05) is 30.3 Å². The second-order valence-electron chi connectivity index (χ2n) is 5.16. The number of carbonyl (C=O) groups excluding carboxylic acids is 2. The molecule has 0 unspecified atom stereocenters. The Morgan fingerprint density at radius 1 is 1.17 bits per heavy atom. The predicted octanol–water partition coefficient (Wildman–Crippen LogP) is 2.31. The van der Waals surface area contributed by atoms with Crippen LogP contribution < -0.4 is 5.32 Å². The zero-order valence-corrected chi connectivity index (χ0v) is 12.6. The van der Waals surface area contributed by atoms with Crippen molar-refractivity contribution in [3.05, 3.63) is 53.9 Å². The lowest BCUT2D eigenvalue weighted by atomic mass is 10.2. The van der Waals surface area contributed by atoms with Gasteiger partial charge in [-0.3, -0.25) is 14.5 Å². The van der Waals surface area contributed by atoms with Crippen LogP contribution in [0, 0.1) is 0 Å². The van der Waals surface area contributed by atoms with E-state index in [0.717, 1.165) is 10.5 Å². The normalized spacial score (nSPS) is 15.8. The van der Waals surface area contributed by atoms with Crippen molar-refractivity contribution in [2.24, 2.45) is 0 Å². The highest BCUT2D eigenvalue weighted by Gasteiger charge is 2.33. The fourth-order valence-corrected chi connectivity index (χ4v) is 2.31. The Balaban J connectivity index is 1.77. The van der Waals surface area contributed by atoms with Crippen LogP contribution in [-0.2, 0) is 9.59 Å². The molecule has 0 saturated carbocycles. The Morgan fingerprint density at radius 2 is 1.92 bits per heavy atom. The number of benzene rings is 1. The lowest BCUT2D eigenvalue weighted by Crippen LogP contribution is -2.32. The van der Waals surface area contributed by atoms with Gasteiger partial charge in [-0.25, -0.2) is 4.79 Å². The van der Waals surface area contributed by atoms with Crippen molar-refractivity contribution in [3.8, 4) is 11.3 Å². The molecule has 24 heavy (non-hydrogen) atoms. The number of carbonyl (C=O) groups is 3. The van der Waals surface area contributed by atoms with Crippen LogP contribution >= 0.6 is 0 Å². The van der Waals surface area contributed by atoms with Crippen LogP contribution in [0.25, 0.3) is 17.4 Å². The van der Waals surface area contributed by atoms with Crippen LogP contribution in [0.1, 0.15) is 12.2 Å². The second kappa shape index (κ2) is 6.41. The topological polar surface area (TPSA) is 99.8 Å². The number of urea groups is 1. The van der Waals surface area contributed by atoms with E-state index >= 15 is 0 Å². The van der Waals surface area contributed by atoms with Crippen LogP contribution in [0.5, 0.6) is 0 Å². The van der Waals surface area contributed by atoms with Gasteiger partial charge in [0.2, 0.25) is 0 Å². The molecule has 122 valence electrons. The lowest BCUT2D eigenvalue weighted by Gasteiger charge is -2.08. The fourth-order valence-electron chi connectivity index (χ4n) is 2.31. The van der Waals surface area contributed by atoms with Crippen molar-refractivity contribution in [2.75, 3.05) is 6.54 Å². The summed E-state index contributed by atoms with van der Waals surface area (Å²) in [6.45, 7) is -0.176. The maximum absolute atomic E-state index is 12.1. The lowest BCUT2D eigenvalue weighted by molar-refractivity contribution is -0.137. The maximum atomic E-state index is 12.1. The van der Waals surface area contributed by atoms with E-state index in [0.29, 0.717) is 11.5 Å². The van der Waals surface area contributed by atoms with Crippen LogP contribution in [-0.4, -0.2) is 34.5 Å². The molecule has 0 bridgehead atoms. The Hall–Kier alpha value is -3.35. The van der Waals surface area contributed by atoms with Crippen molar-refractivity contribution in [1.82, 2.24) is 10.2 Å². The highest BCUT2D eigenvalue weighted by atomic mass is 16.4. The van der Waals surface area contributed by atoms with Gasteiger partial charge in [-0.15, -0.1) is 0 Å². The van der Waals surface area contributed by atoms with Crippen molar-refractivity contribution in [3.63, 3.8) is 0 Å². The number of rotatable bonds is 5. The van der Waals surface area contributed by atoms with Crippen molar-refractivity contribution >= 4 is 24.0 Å². The minimum absolute atomic E-state index is 0.0550. The molecule has 1 aromatic heterocycles. The molecule has 0 radical (unpaired) electrons. The number of hydrogen-bond donors (Lipinski definition) is 2. The standard InChI is InChI=1S/C17H14N2O5/c20-15(21)8-9-19-16(22)13(18-17(19)23)10-12-6-7-14(24-12)11-4-2-1-3-5-11/h1-7,10H,8-9H2,(H,18,23)(H,20,21). The Labute approximate surface area is 137 Å². The molecule has 3 amide bonds. The number of furan rings is 1. The van der Waals surface area contributed by atoms with Gasteiger partial charge in [0, 0.05) is 18.2 Å². The zero-order valence-electron chi connectivity index (χ0n) is 12.6. The summed E-state index contributed by atoms with van der Waals surface area (Å²) in [7, 11) is 0. The summed E-state index contributed by atoms with van der Waals surface area (Å²) in [5, 5.41) is 11.1. The number of amides is 3. The average Bonchev–Trinajstić information content (AvgIpc) is 3.13. The summed E-state index contributed by atoms with van der Waals surface area (Å²) < 4.78 is 5.66. The third-order valence-electron chi connectivity index (χ3n) is 3.48. The molecule has 2 N–H and O–H groups in total. The molecule has 3 rings (SSSR count). The average molecular weight is 326 g/mol. The Bertz CT molecular complexity index is 823. The van der Waals surface area contributed by atoms with Gasteiger partial charge >= 0.3 is 12.0 Å². The highest BCUT2D eigenvalue weighted by Crippen LogP contribution is 2.23. The highest BCUT2D eigenvalue weighted by molar-refractivity contribution is 6.13. The summed E-state index contributed by atoms with van der Waals surface area (Å²) in [4.78, 5) is 35.3. The van der Waals surface area contributed by atoms with E-state index in [9.17, 15) is 14.4 Å². The first-order chi connectivity index (χ1) is 11.5. The molecule has 1 saturated heterocycles. The number of carboxylic acids is 1. The van der Waals surface area contributed by atoms with Crippen LogP contribution in [0.15, 0.2) is 52.6 Å². The maximum Gasteiger partial charge on any atom is 0.329 e. The molecular weight excluding hydrogens is 312 g/mol. The molecular formula is C17H14N2O5. The van der Waals surface area contributed by atoms with E-state index in [1.54, 1.807) is 12.1 Å². The molecule has 1 aromatic carbocycles. The van der Waals surface area contributed by atoms with E-state index in [1.165, 1.54) is 6.08 Å². The largest absolute Gasteiger partial charge is 0.481 e. The fraction of sp³-hybridized carbons (Fsp3) is 0.118. The van der Waals surface area contributed by atoms with E-state index in [4.69, 9.17) is 9.52 Å². The number of nitrogens with one attached hydrogen (secondary N) is 1. The Kier molecular flexibility index (Phi) is 4.15. The van der Waals surface area contributed by atoms with Crippen LogP contribution in [0.4, 0.5) is 4.79 Å². The van der Waals surface area contributed by atoms with Gasteiger partial charge in [0.15, 0.2) is 0 Å². The van der Waals surface area contributed by atoms with Crippen molar-refractivity contribution < 1.29 is 23.9 Å². The van der Waals surface area contributed by atoms with E-state index < -0.39 is 17.9 Å². The van der Waals surface area contributed by atoms with Gasteiger partial charge in [0.05, 0.1) is 6.42 Å². The zero-order chi connectivity index (χ0) is 17.1. The van der Waals surface area contributed by atoms with Crippen LogP contribution in [0.2, 0.25) is 0 Å². The van der Waals surface area contributed by atoms with E-state index in [2.05, 4.69) is 5.32 Å². The van der Waals surface area contributed by atoms with Gasteiger partial charge in [-0.2, -0.15) is 0 Å². The molecule has 2 heterocycles. The molecule has 0 atom stereocenters. The minimum atomic E-state index is -1.08. The van der Waals surface area contributed by atoms with Crippen molar-refractivity contribution in [1.29, 1.82) is 0 Å². The summed E-state index contributed by atoms with van der Waals surface area (Å²) in [5.74, 6) is -0.593. The summed E-state index contributed by atoms with van der Waals surface area (Å²) in [6.07, 6.45) is 1.12. The smallest absolute Gasteiger partial charge is 0.329 e. The third kappa shape index (κ3) is 3.19. The first kappa shape index (κ1) is 15.5. The summed E-state index contributed by atoms with van der Waals surface area (Å²) in [6, 6.07) is 12.3. The van der Waals surface area contributed by atoms with E-state index in [-0.39, 0.29) is 18.7 Å². The third-order valence-corrected chi connectivity index (χ3v) is 3.48. The quantitative estimate of drug-likeness (QED) is 0.649. The van der Waals surface area contributed by atoms with Crippen molar-refractivity contribution in [2.45, 2.75) is 6.42 Å². The molecule has 1 fully saturated rings. The van der Waals surface area contributed by atoms with Gasteiger partial charge in [0.25, 0.3) is 5.91 Å². The molecule has 1 aliphatic rings. The number of nitrogens with zero attached hydrogens (tertiary/aromatic N) is 1. The molecule has 7 nitrogen and oxygen atoms in total. The number of imide groups is 1. The number of hydrogen-bond acceptors (Lipinski definition) is 4. The summed E-state index contributed by atoms with van der Waals surface area (Å²) >= 11 is 0. The summed E-state index contributed by atoms with van der Waals surface area (Å²) in [5.41, 5.74) is 0.950.